The van der Waals surface area contributed by atoms with Crippen molar-refractivity contribution in [2.24, 2.45) is 0 Å². The highest BCUT2D eigenvalue weighted by molar-refractivity contribution is 5.94. The van der Waals surface area contributed by atoms with Crippen LogP contribution < -0.4 is 15.1 Å². The lowest BCUT2D eigenvalue weighted by molar-refractivity contribution is 0.0953. The SMILES string of the molecule is CCCCNC(=O)c1ccc(N2CCN(c3ccccc3F)CC2)nc1. The van der Waals surface area contributed by atoms with E-state index in [0.717, 1.165) is 44.8 Å². The summed E-state index contributed by atoms with van der Waals surface area (Å²) in [6, 6.07) is 10.6. The van der Waals surface area contributed by atoms with Gasteiger partial charge in [0.05, 0.1) is 11.3 Å². The Morgan fingerprint density at radius 1 is 1.12 bits per heavy atom. The van der Waals surface area contributed by atoms with Gasteiger partial charge in [-0.2, -0.15) is 0 Å². The Morgan fingerprint density at radius 3 is 2.50 bits per heavy atom. The van der Waals surface area contributed by atoms with Gasteiger partial charge < -0.3 is 15.1 Å². The molecule has 1 saturated heterocycles. The van der Waals surface area contributed by atoms with E-state index in [1.54, 1.807) is 12.3 Å². The van der Waals surface area contributed by atoms with Crippen molar-refractivity contribution in [2.75, 3.05) is 42.5 Å². The average Bonchev–Trinajstić information content (AvgIpc) is 2.69. The molecule has 1 aromatic carbocycles. The van der Waals surface area contributed by atoms with E-state index < -0.39 is 0 Å². The van der Waals surface area contributed by atoms with Gasteiger partial charge >= 0.3 is 0 Å². The highest BCUT2D eigenvalue weighted by Crippen LogP contribution is 2.22. The predicted octanol–water partition coefficient (Wildman–Crippen LogP) is 3.08. The minimum absolute atomic E-state index is 0.0816. The first-order valence-corrected chi connectivity index (χ1v) is 9.17. The molecule has 0 saturated carbocycles. The van der Waals surface area contributed by atoms with Crippen molar-refractivity contribution in [3.63, 3.8) is 0 Å². The van der Waals surface area contributed by atoms with Crippen LogP contribution in [0.25, 0.3) is 0 Å². The Bertz CT molecular complexity index is 727. The first-order chi connectivity index (χ1) is 12.7. The molecular formula is C20H25FN4O. The minimum Gasteiger partial charge on any atom is -0.366 e. The van der Waals surface area contributed by atoms with Gasteiger partial charge in [0.25, 0.3) is 5.91 Å². The van der Waals surface area contributed by atoms with E-state index in [0.29, 0.717) is 17.8 Å². The number of carbonyl (C=O) groups excluding carboxylic acids is 1. The molecule has 0 radical (unpaired) electrons. The molecule has 2 aromatic rings. The minimum atomic E-state index is -0.183. The number of benzene rings is 1. The van der Waals surface area contributed by atoms with Crippen LogP contribution in [0.5, 0.6) is 0 Å². The van der Waals surface area contributed by atoms with E-state index in [1.807, 2.05) is 24.3 Å². The monoisotopic (exact) mass is 356 g/mol. The number of piperazine rings is 1. The summed E-state index contributed by atoms with van der Waals surface area (Å²) in [4.78, 5) is 20.7. The van der Waals surface area contributed by atoms with E-state index in [1.165, 1.54) is 6.07 Å². The van der Waals surface area contributed by atoms with Crippen molar-refractivity contribution in [2.45, 2.75) is 19.8 Å². The van der Waals surface area contributed by atoms with Gasteiger partial charge in [0.2, 0.25) is 0 Å². The molecule has 138 valence electrons. The fourth-order valence-electron chi connectivity index (χ4n) is 3.07. The molecule has 1 amide bonds. The van der Waals surface area contributed by atoms with E-state index in [2.05, 4.69) is 27.0 Å². The van der Waals surface area contributed by atoms with Gasteiger partial charge in [-0.05, 0) is 30.7 Å². The maximum atomic E-state index is 13.9. The summed E-state index contributed by atoms with van der Waals surface area (Å²) >= 11 is 0. The van der Waals surface area contributed by atoms with Gasteiger partial charge in [0.15, 0.2) is 0 Å². The number of rotatable bonds is 6. The molecule has 26 heavy (non-hydrogen) atoms. The van der Waals surface area contributed by atoms with E-state index in [4.69, 9.17) is 0 Å². The fraction of sp³-hybridized carbons (Fsp3) is 0.400. The fourth-order valence-corrected chi connectivity index (χ4v) is 3.07. The standard InChI is InChI=1S/C20H25FN4O/c1-2-3-10-22-20(26)16-8-9-19(23-15-16)25-13-11-24(12-14-25)18-7-5-4-6-17(18)21/h4-9,15H,2-3,10-14H2,1H3,(H,22,26). The molecule has 0 unspecified atom stereocenters. The predicted molar refractivity (Wildman–Crippen MR) is 102 cm³/mol. The van der Waals surface area contributed by atoms with Gasteiger partial charge in [0.1, 0.15) is 11.6 Å². The Hall–Kier alpha value is -2.63. The molecule has 5 nitrogen and oxygen atoms in total. The summed E-state index contributed by atoms with van der Waals surface area (Å²) in [6.45, 7) is 5.79. The zero-order valence-corrected chi connectivity index (χ0v) is 15.1. The highest BCUT2D eigenvalue weighted by Gasteiger charge is 2.20. The number of nitrogens with zero attached hydrogens (tertiary/aromatic N) is 3. The molecule has 0 aliphatic carbocycles. The zero-order valence-electron chi connectivity index (χ0n) is 15.1. The third-order valence-electron chi connectivity index (χ3n) is 4.62. The van der Waals surface area contributed by atoms with Crippen molar-refractivity contribution in [3.8, 4) is 0 Å². The van der Waals surface area contributed by atoms with Crippen molar-refractivity contribution in [1.29, 1.82) is 0 Å². The number of anilines is 2. The average molecular weight is 356 g/mol. The Morgan fingerprint density at radius 2 is 1.85 bits per heavy atom. The molecule has 0 bridgehead atoms. The van der Waals surface area contributed by atoms with Crippen LogP contribution in [0.15, 0.2) is 42.6 Å². The molecule has 2 heterocycles. The van der Waals surface area contributed by atoms with Crippen molar-refractivity contribution >= 4 is 17.4 Å². The molecule has 1 aliphatic heterocycles. The van der Waals surface area contributed by atoms with E-state index in [9.17, 15) is 9.18 Å². The van der Waals surface area contributed by atoms with Crippen LogP contribution in [-0.4, -0.2) is 43.6 Å². The first kappa shape index (κ1) is 18.2. The second kappa shape index (κ2) is 8.65. The van der Waals surface area contributed by atoms with Gasteiger partial charge in [-0.25, -0.2) is 9.37 Å². The molecular weight excluding hydrogens is 331 g/mol. The lowest BCUT2D eigenvalue weighted by Gasteiger charge is -2.36. The number of para-hydroxylation sites is 1. The zero-order chi connectivity index (χ0) is 18.4. The maximum Gasteiger partial charge on any atom is 0.252 e. The largest absolute Gasteiger partial charge is 0.366 e. The van der Waals surface area contributed by atoms with Gasteiger partial charge in [-0.1, -0.05) is 25.5 Å². The number of halogens is 1. The van der Waals surface area contributed by atoms with Crippen LogP contribution in [-0.2, 0) is 0 Å². The normalized spacial score (nSPS) is 14.4. The number of pyridine rings is 1. The summed E-state index contributed by atoms with van der Waals surface area (Å²) in [6.07, 6.45) is 3.65. The quantitative estimate of drug-likeness (QED) is 0.808. The highest BCUT2D eigenvalue weighted by atomic mass is 19.1. The van der Waals surface area contributed by atoms with Crippen LogP contribution in [0.4, 0.5) is 15.9 Å². The number of unbranched alkanes of at least 4 members (excludes halogenated alkanes) is 1. The smallest absolute Gasteiger partial charge is 0.252 e. The van der Waals surface area contributed by atoms with Crippen LogP contribution in [0.2, 0.25) is 0 Å². The number of aromatic nitrogens is 1. The van der Waals surface area contributed by atoms with Crippen LogP contribution in [0, 0.1) is 5.82 Å². The topological polar surface area (TPSA) is 48.5 Å². The molecule has 6 heteroatoms. The lowest BCUT2D eigenvalue weighted by atomic mass is 10.2. The number of hydrogen-bond acceptors (Lipinski definition) is 4. The summed E-state index contributed by atoms with van der Waals surface area (Å²) in [5, 5.41) is 2.89. The van der Waals surface area contributed by atoms with Crippen LogP contribution in [0.3, 0.4) is 0 Å². The summed E-state index contributed by atoms with van der Waals surface area (Å²) < 4.78 is 13.9. The summed E-state index contributed by atoms with van der Waals surface area (Å²) in [5.74, 6) is 0.586. The van der Waals surface area contributed by atoms with Crippen LogP contribution in [0.1, 0.15) is 30.1 Å². The second-order valence-corrected chi connectivity index (χ2v) is 6.44. The number of hydrogen-bond donors (Lipinski definition) is 1. The number of carbonyl (C=O) groups is 1. The van der Waals surface area contributed by atoms with Gasteiger partial charge in [-0.3, -0.25) is 4.79 Å². The molecule has 1 aliphatic rings. The summed E-state index contributed by atoms with van der Waals surface area (Å²) in [5.41, 5.74) is 1.23. The van der Waals surface area contributed by atoms with Crippen molar-refractivity contribution in [3.05, 3.63) is 54.0 Å². The number of nitrogens with one attached hydrogen (secondary N) is 1. The third kappa shape index (κ3) is 4.31. The second-order valence-electron chi connectivity index (χ2n) is 6.44. The van der Waals surface area contributed by atoms with Crippen molar-refractivity contribution in [1.82, 2.24) is 10.3 Å². The molecule has 0 spiro atoms. The van der Waals surface area contributed by atoms with E-state index >= 15 is 0 Å². The third-order valence-corrected chi connectivity index (χ3v) is 4.62. The molecule has 1 N–H and O–H groups in total. The Balaban J connectivity index is 1.56. The molecule has 3 rings (SSSR count). The molecule has 1 aromatic heterocycles. The number of amides is 1. The maximum absolute atomic E-state index is 13.9. The van der Waals surface area contributed by atoms with Crippen molar-refractivity contribution < 1.29 is 9.18 Å². The molecule has 1 fully saturated rings. The Labute approximate surface area is 153 Å². The van der Waals surface area contributed by atoms with Gasteiger partial charge in [0, 0.05) is 38.9 Å². The first-order valence-electron chi connectivity index (χ1n) is 9.17. The summed E-state index contributed by atoms with van der Waals surface area (Å²) in [7, 11) is 0. The van der Waals surface area contributed by atoms with E-state index in [-0.39, 0.29) is 11.7 Å². The van der Waals surface area contributed by atoms with Crippen LogP contribution >= 0.6 is 0 Å². The lowest BCUT2D eigenvalue weighted by Crippen LogP contribution is -2.47. The van der Waals surface area contributed by atoms with Gasteiger partial charge in [-0.15, -0.1) is 0 Å². The molecule has 0 atom stereocenters. The Kier molecular flexibility index (Phi) is 6.04.